The summed E-state index contributed by atoms with van der Waals surface area (Å²) >= 11 is 0. The molecule has 0 radical (unpaired) electrons. The zero-order valence-electron chi connectivity index (χ0n) is 19.7. The van der Waals surface area contributed by atoms with Gasteiger partial charge in [0, 0.05) is 11.6 Å². The van der Waals surface area contributed by atoms with Crippen molar-refractivity contribution >= 4 is 29.4 Å². The molecule has 0 N–H and O–H groups in total. The summed E-state index contributed by atoms with van der Waals surface area (Å²) in [6, 6.07) is 12.6. The maximum Gasteiger partial charge on any atom is 0.337 e. The van der Waals surface area contributed by atoms with Crippen molar-refractivity contribution in [2.75, 3.05) is 12.0 Å². The molecule has 7 nitrogen and oxygen atoms in total. The number of hydrogen-bond acceptors (Lipinski definition) is 5. The molecule has 178 valence electrons. The molecule has 1 unspecified atom stereocenters. The van der Waals surface area contributed by atoms with E-state index in [1.165, 1.54) is 19.2 Å². The topological polar surface area (TPSA) is 84.0 Å². The number of amides is 3. The van der Waals surface area contributed by atoms with E-state index in [1.807, 2.05) is 25.1 Å². The fourth-order valence-corrected chi connectivity index (χ4v) is 5.02. The zero-order chi connectivity index (χ0) is 24.2. The van der Waals surface area contributed by atoms with Gasteiger partial charge in [-0.3, -0.25) is 14.4 Å². The minimum Gasteiger partial charge on any atom is -0.465 e. The summed E-state index contributed by atoms with van der Waals surface area (Å²) in [6.45, 7) is 1.88. The Labute approximate surface area is 199 Å². The number of carbonyl (C=O) groups is 4. The number of benzene rings is 2. The van der Waals surface area contributed by atoms with Crippen molar-refractivity contribution in [1.82, 2.24) is 4.90 Å². The predicted octanol–water partition coefficient (Wildman–Crippen LogP) is 4.28. The average Bonchev–Trinajstić information content (AvgIpc) is 3.00. The lowest BCUT2D eigenvalue weighted by atomic mass is 10.00. The predicted molar refractivity (Wildman–Crippen MR) is 128 cm³/mol. The Balaban J connectivity index is 1.67. The number of carbonyl (C=O) groups excluding carboxylic acids is 4. The van der Waals surface area contributed by atoms with Gasteiger partial charge in [0.2, 0.25) is 5.91 Å². The number of hydrogen-bond donors (Lipinski definition) is 0. The van der Waals surface area contributed by atoms with Gasteiger partial charge in [-0.2, -0.15) is 0 Å². The number of aryl methyl sites for hydroxylation is 1. The number of anilines is 1. The maximum atomic E-state index is 13.8. The van der Waals surface area contributed by atoms with Crippen LogP contribution in [0.25, 0.3) is 0 Å². The second-order valence-corrected chi connectivity index (χ2v) is 9.00. The number of nitrogens with zero attached hydrogens (tertiary/aromatic N) is 2. The van der Waals surface area contributed by atoms with Gasteiger partial charge in [0.05, 0.1) is 24.8 Å². The van der Waals surface area contributed by atoms with Gasteiger partial charge in [0.1, 0.15) is 6.04 Å². The molecule has 2 aliphatic rings. The van der Waals surface area contributed by atoms with Gasteiger partial charge in [-0.25, -0.2) is 9.69 Å². The largest absolute Gasteiger partial charge is 0.465 e. The van der Waals surface area contributed by atoms with Crippen molar-refractivity contribution in [3.63, 3.8) is 0 Å². The molecule has 1 saturated carbocycles. The Morgan fingerprint density at radius 3 is 2.21 bits per heavy atom. The lowest BCUT2D eigenvalue weighted by Gasteiger charge is -2.35. The lowest BCUT2D eigenvalue weighted by molar-refractivity contribution is -0.123. The van der Waals surface area contributed by atoms with Crippen LogP contribution in [-0.2, 0) is 14.3 Å². The maximum absolute atomic E-state index is 13.8. The lowest BCUT2D eigenvalue weighted by Crippen LogP contribution is -2.51. The Hall–Kier alpha value is -3.48. The first kappa shape index (κ1) is 23.7. The van der Waals surface area contributed by atoms with Crippen LogP contribution in [0.15, 0.2) is 48.5 Å². The quantitative estimate of drug-likeness (QED) is 0.376. The highest BCUT2D eigenvalue weighted by Gasteiger charge is 2.46. The van der Waals surface area contributed by atoms with E-state index in [9.17, 15) is 19.2 Å². The van der Waals surface area contributed by atoms with E-state index in [-0.39, 0.29) is 24.3 Å². The minimum atomic E-state index is -0.844. The Morgan fingerprint density at radius 2 is 1.59 bits per heavy atom. The highest BCUT2D eigenvalue weighted by atomic mass is 16.5. The van der Waals surface area contributed by atoms with E-state index >= 15 is 0 Å². The molecule has 34 heavy (non-hydrogen) atoms. The van der Waals surface area contributed by atoms with Gasteiger partial charge in [0.25, 0.3) is 11.8 Å². The number of imide groups is 1. The van der Waals surface area contributed by atoms with Crippen molar-refractivity contribution in [2.24, 2.45) is 0 Å². The first-order valence-electron chi connectivity index (χ1n) is 11.9. The molecule has 2 fully saturated rings. The summed E-state index contributed by atoms with van der Waals surface area (Å²) < 4.78 is 4.72. The summed E-state index contributed by atoms with van der Waals surface area (Å²) in [5.41, 5.74) is 2.12. The molecular weight excluding hydrogens is 432 g/mol. The fraction of sp³-hybridized carbons (Fsp3) is 0.407. The molecule has 4 rings (SSSR count). The SMILES string of the molecule is COC(=O)c1ccc(N2C(=O)CC(N(C(=O)c3ccccc3C)C3CCCCCC3)C2=O)cc1. The molecule has 1 saturated heterocycles. The molecule has 1 heterocycles. The average molecular weight is 463 g/mol. The highest BCUT2D eigenvalue weighted by Crippen LogP contribution is 2.32. The van der Waals surface area contributed by atoms with Gasteiger partial charge in [0.15, 0.2) is 0 Å². The van der Waals surface area contributed by atoms with Crippen LogP contribution in [-0.4, -0.2) is 47.8 Å². The van der Waals surface area contributed by atoms with Gasteiger partial charge >= 0.3 is 5.97 Å². The van der Waals surface area contributed by atoms with Crippen LogP contribution in [0.4, 0.5) is 5.69 Å². The summed E-state index contributed by atoms with van der Waals surface area (Å²) in [5.74, 6) is -1.44. The molecule has 0 spiro atoms. The first-order valence-corrected chi connectivity index (χ1v) is 11.9. The van der Waals surface area contributed by atoms with E-state index in [1.54, 1.807) is 23.1 Å². The smallest absolute Gasteiger partial charge is 0.337 e. The van der Waals surface area contributed by atoms with Crippen molar-refractivity contribution in [3.8, 4) is 0 Å². The molecule has 1 aliphatic carbocycles. The molecule has 1 atom stereocenters. The molecule has 0 aromatic heterocycles. The van der Waals surface area contributed by atoms with Crippen LogP contribution < -0.4 is 4.90 Å². The monoisotopic (exact) mass is 462 g/mol. The van der Waals surface area contributed by atoms with Crippen molar-refractivity contribution < 1.29 is 23.9 Å². The molecule has 1 aliphatic heterocycles. The normalized spacial score (nSPS) is 19.1. The van der Waals surface area contributed by atoms with E-state index in [0.29, 0.717) is 16.8 Å². The van der Waals surface area contributed by atoms with Crippen LogP contribution in [0.2, 0.25) is 0 Å². The van der Waals surface area contributed by atoms with Crippen LogP contribution >= 0.6 is 0 Å². The van der Waals surface area contributed by atoms with Crippen LogP contribution in [0.3, 0.4) is 0 Å². The zero-order valence-corrected chi connectivity index (χ0v) is 19.7. The number of methoxy groups -OCH3 is 1. The van der Waals surface area contributed by atoms with Gasteiger partial charge in [-0.05, 0) is 55.7 Å². The van der Waals surface area contributed by atoms with Crippen molar-refractivity contribution in [1.29, 1.82) is 0 Å². The summed E-state index contributed by atoms with van der Waals surface area (Å²) in [6.07, 6.45) is 5.81. The fourth-order valence-electron chi connectivity index (χ4n) is 5.02. The molecule has 2 aromatic carbocycles. The number of ether oxygens (including phenoxy) is 1. The molecular formula is C27H30N2O5. The van der Waals surface area contributed by atoms with Crippen molar-refractivity contribution in [3.05, 3.63) is 65.2 Å². The van der Waals surface area contributed by atoms with Crippen LogP contribution in [0.1, 0.15) is 71.2 Å². The van der Waals surface area contributed by atoms with Gasteiger partial charge < -0.3 is 9.64 Å². The third-order valence-corrected chi connectivity index (χ3v) is 6.83. The Bertz CT molecular complexity index is 1090. The van der Waals surface area contributed by atoms with Gasteiger partial charge in [-0.15, -0.1) is 0 Å². The Morgan fingerprint density at radius 1 is 0.941 bits per heavy atom. The first-order chi connectivity index (χ1) is 16.4. The van der Waals surface area contributed by atoms with E-state index in [2.05, 4.69) is 0 Å². The van der Waals surface area contributed by atoms with E-state index < -0.39 is 17.9 Å². The Kier molecular flexibility index (Phi) is 7.10. The number of esters is 1. The highest BCUT2D eigenvalue weighted by molar-refractivity contribution is 6.23. The van der Waals surface area contributed by atoms with E-state index in [0.717, 1.165) is 49.0 Å². The molecule has 3 amide bonds. The molecule has 0 bridgehead atoms. The third-order valence-electron chi connectivity index (χ3n) is 6.83. The molecule has 2 aromatic rings. The molecule has 7 heteroatoms. The number of rotatable bonds is 5. The summed E-state index contributed by atoms with van der Waals surface area (Å²) in [4.78, 5) is 55.0. The van der Waals surface area contributed by atoms with Gasteiger partial charge in [-0.1, -0.05) is 43.9 Å². The van der Waals surface area contributed by atoms with E-state index in [4.69, 9.17) is 4.74 Å². The van der Waals surface area contributed by atoms with Crippen molar-refractivity contribution in [2.45, 2.75) is 64.0 Å². The second-order valence-electron chi connectivity index (χ2n) is 9.00. The minimum absolute atomic E-state index is 0.0499. The third kappa shape index (κ3) is 4.60. The van der Waals surface area contributed by atoms with Crippen LogP contribution in [0, 0.1) is 6.92 Å². The summed E-state index contributed by atoms with van der Waals surface area (Å²) in [7, 11) is 1.29. The standard InChI is InChI=1S/C27H30N2O5/c1-18-9-7-8-12-22(18)25(31)28(20-10-5-3-4-6-11-20)23-17-24(30)29(26(23)32)21-15-13-19(14-16-21)27(33)34-2/h7-9,12-16,20,23H,3-6,10-11,17H2,1-2H3. The second kappa shape index (κ2) is 10.2. The van der Waals surface area contributed by atoms with Crippen LogP contribution in [0.5, 0.6) is 0 Å². The summed E-state index contributed by atoms with van der Waals surface area (Å²) in [5, 5.41) is 0.